The van der Waals surface area contributed by atoms with Crippen molar-refractivity contribution in [3.63, 3.8) is 0 Å². The summed E-state index contributed by atoms with van der Waals surface area (Å²) in [6.45, 7) is 1.74. The van der Waals surface area contributed by atoms with Gasteiger partial charge in [0.2, 0.25) is 15.9 Å². The molecule has 0 saturated carbocycles. The predicted molar refractivity (Wildman–Crippen MR) is 96.2 cm³/mol. The van der Waals surface area contributed by atoms with Crippen LogP contribution < -0.4 is 5.32 Å². The molecule has 25 heavy (non-hydrogen) atoms. The van der Waals surface area contributed by atoms with Crippen LogP contribution in [0.15, 0.2) is 48.5 Å². The van der Waals surface area contributed by atoms with Gasteiger partial charge in [-0.05, 0) is 30.7 Å². The van der Waals surface area contributed by atoms with Crippen LogP contribution in [0.1, 0.15) is 16.7 Å². The largest absolute Gasteiger partial charge is 0.325 e. The van der Waals surface area contributed by atoms with E-state index in [4.69, 9.17) is 5.26 Å². The van der Waals surface area contributed by atoms with Crippen molar-refractivity contribution in [2.24, 2.45) is 0 Å². The Kier molecular flexibility index (Phi) is 5.91. The first-order valence-electron chi connectivity index (χ1n) is 7.58. The first-order valence-corrected chi connectivity index (χ1v) is 9.43. The van der Waals surface area contributed by atoms with Crippen LogP contribution in [0.3, 0.4) is 0 Å². The number of benzene rings is 2. The van der Waals surface area contributed by atoms with Crippen LogP contribution in [-0.4, -0.2) is 31.4 Å². The summed E-state index contributed by atoms with van der Waals surface area (Å²) < 4.78 is 25.1. The van der Waals surface area contributed by atoms with Crippen molar-refractivity contribution < 1.29 is 13.2 Å². The Labute approximate surface area is 147 Å². The molecule has 0 fully saturated rings. The minimum Gasteiger partial charge on any atom is -0.325 e. The molecule has 0 aromatic heterocycles. The highest BCUT2D eigenvalue weighted by Crippen LogP contribution is 2.13. The summed E-state index contributed by atoms with van der Waals surface area (Å²) in [4.78, 5) is 12.2. The number of sulfonamides is 1. The molecule has 0 aliphatic heterocycles. The fourth-order valence-corrected chi connectivity index (χ4v) is 3.07. The molecule has 2 rings (SSSR count). The summed E-state index contributed by atoms with van der Waals surface area (Å²) >= 11 is 0. The lowest BCUT2D eigenvalue weighted by molar-refractivity contribution is -0.116. The molecule has 0 aliphatic rings. The molecule has 0 spiro atoms. The smallest absolute Gasteiger partial charge is 0.239 e. The van der Waals surface area contributed by atoms with E-state index >= 15 is 0 Å². The molecule has 130 valence electrons. The van der Waals surface area contributed by atoms with Gasteiger partial charge in [-0.2, -0.15) is 9.57 Å². The number of aryl methyl sites for hydroxylation is 1. The summed E-state index contributed by atoms with van der Waals surface area (Å²) in [5.74, 6) is -0.465. The quantitative estimate of drug-likeness (QED) is 0.859. The number of rotatable bonds is 6. The van der Waals surface area contributed by atoms with Gasteiger partial charge >= 0.3 is 0 Å². The van der Waals surface area contributed by atoms with E-state index in [2.05, 4.69) is 5.32 Å². The zero-order valence-corrected chi connectivity index (χ0v) is 14.9. The molecular formula is C18H19N3O3S. The van der Waals surface area contributed by atoms with E-state index in [1.807, 2.05) is 37.3 Å². The highest BCUT2D eigenvalue weighted by atomic mass is 32.2. The number of anilines is 1. The Bertz CT molecular complexity index is 917. The monoisotopic (exact) mass is 357 g/mol. The minimum absolute atomic E-state index is 0.117. The molecule has 7 heteroatoms. The number of hydrogen-bond donors (Lipinski definition) is 1. The standard InChI is InChI=1S/C18H19N3O3S/c1-14-5-3-7-16(9-14)12-21(25(2,23)24)13-18(22)20-17-8-4-6-15(10-17)11-19/h3-10H,12-13H2,1-2H3,(H,20,22). The van der Waals surface area contributed by atoms with E-state index in [1.165, 1.54) is 6.07 Å². The molecule has 0 saturated heterocycles. The predicted octanol–water partition coefficient (Wildman–Crippen LogP) is 2.27. The third-order valence-corrected chi connectivity index (χ3v) is 4.70. The van der Waals surface area contributed by atoms with Crippen LogP contribution in [-0.2, 0) is 21.4 Å². The van der Waals surface area contributed by atoms with Crippen molar-refractivity contribution in [1.82, 2.24) is 4.31 Å². The maximum Gasteiger partial charge on any atom is 0.239 e. The Morgan fingerprint density at radius 3 is 2.56 bits per heavy atom. The normalized spacial score (nSPS) is 11.1. The number of nitrogens with one attached hydrogen (secondary N) is 1. The maximum atomic E-state index is 12.2. The van der Waals surface area contributed by atoms with Gasteiger partial charge in [-0.3, -0.25) is 4.79 Å². The molecular weight excluding hydrogens is 338 g/mol. The molecule has 2 aromatic carbocycles. The lowest BCUT2D eigenvalue weighted by Gasteiger charge is -2.20. The van der Waals surface area contributed by atoms with Gasteiger partial charge in [-0.1, -0.05) is 35.9 Å². The molecule has 0 unspecified atom stereocenters. The molecule has 0 atom stereocenters. The number of hydrogen-bond acceptors (Lipinski definition) is 4. The van der Waals surface area contributed by atoms with E-state index in [0.29, 0.717) is 11.3 Å². The maximum absolute atomic E-state index is 12.2. The molecule has 1 amide bonds. The summed E-state index contributed by atoms with van der Waals surface area (Å²) in [6.07, 6.45) is 1.08. The molecule has 0 bridgehead atoms. The number of carbonyl (C=O) groups is 1. The van der Waals surface area contributed by atoms with Gasteiger partial charge in [0.25, 0.3) is 0 Å². The number of nitriles is 1. The number of nitrogens with zero attached hydrogens (tertiary/aromatic N) is 2. The molecule has 2 aromatic rings. The highest BCUT2D eigenvalue weighted by molar-refractivity contribution is 7.88. The number of amides is 1. The van der Waals surface area contributed by atoms with Gasteiger partial charge in [0.05, 0.1) is 24.4 Å². The Morgan fingerprint density at radius 1 is 1.20 bits per heavy atom. The van der Waals surface area contributed by atoms with Crippen LogP contribution in [0.4, 0.5) is 5.69 Å². The highest BCUT2D eigenvalue weighted by Gasteiger charge is 2.20. The average molecular weight is 357 g/mol. The van der Waals surface area contributed by atoms with Gasteiger partial charge in [-0.25, -0.2) is 8.42 Å². The van der Waals surface area contributed by atoms with E-state index in [1.54, 1.807) is 18.2 Å². The Morgan fingerprint density at radius 2 is 1.92 bits per heavy atom. The van der Waals surface area contributed by atoms with Crippen molar-refractivity contribution in [1.29, 1.82) is 5.26 Å². The molecule has 0 aliphatic carbocycles. The van der Waals surface area contributed by atoms with Crippen molar-refractivity contribution in [3.05, 3.63) is 65.2 Å². The molecule has 6 nitrogen and oxygen atoms in total. The second kappa shape index (κ2) is 7.92. The van der Waals surface area contributed by atoms with Gasteiger partial charge < -0.3 is 5.32 Å². The van der Waals surface area contributed by atoms with Gasteiger partial charge in [0, 0.05) is 12.2 Å². The summed E-state index contributed by atoms with van der Waals surface area (Å²) in [5.41, 5.74) is 2.69. The molecule has 1 N–H and O–H groups in total. The van der Waals surface area contributed by atoms with Crippen molar-refractivity contribution in [2.45, 2.75) is 13.5 Å². The van der Waals surface area contributed by atoms with E-state index < -0.39 is 15.9 Å². The average Bonchev–Trinajstić information content (AvgIpc) is 2.53. The van der Waals surface area contributed by atoms with Crippen molar-refractivity contribution >= 4 is 21.6 Å². The Hall–Kier alpha value is -2.69. The topological polar surface area (TPSA) is 90.3 Å². The van der Waals surface area contributed by atoms with Crippen LogP contribution in [0, 0.1) is 18.3 Å². The van der Waals surface area contributed by atoms with Gasteiger partial charge in [-0.15, -0.1) is 0 Å². The first-order chi connectivity index (χ1) is 11.8. The molecule has 0 radical (unpaired) electrons. The van der Waals surface area contributed by atoms with Crippen LogP contribution in [0.25, 0.3) is 0 Å². The first kappa shape index (κ1) is 18.6. The van der Waals surface area contributed by atoms with Crippen molar-refractivity contribution in [3.8, 4) is 6.07 Å². The lowest BCUT2D eigenvalue weighted by Crippen LogP contribution is -2.36. The SMILES string of the molecule is Cc1cccc(CN(CC(=O)Nc2cccc(C#N)c2)S(C)(=O)=O)c1. The van der Waals surface area contributed by atoms with Crippen LogP contribution in [0.2, 0.25) is 0 Å². The van der Waals surface area contributed by atoms with E-state index in [0.717, 1.165) is 21.7 Å². The van der Waals surface area contributed by atoms with E-state index in [-0.39, 0.29) is 13.1 Å². The lowest BCUT2D eigenvalue weighted by atomic mass is 10.1. The summed E-state index contributed by atoms with van der Waals surface area (Å²) in [6, 6.07) is 15.9. The third kappa shape index (κ3) is 5.71. The summed E-state index contributed by atoms with van der Waals surface area (Å²) in [5, 5.41) is 11.5. The van der Waals surface area contributed by atoms with Crippen LogP contribution in [0.5, 0.6) is 0 Å². The van der Waals surface area contributed by atoms with Gasteiger partial charge in [0.15, 0.2) is 0 Å². The van der Waals surface area contributed by atoms with Gasteiger partial charge in [0.1, 0.15) is 0 Å². The zero-order chi connectivity index (χ0) is 18.4. The fraction of sp³-hybridized carbons (Fsp3) is 0.222. The van der Waals surface area contributed by atoms with E-state index in [9.17, 15) is 13.2 Å². The Balaban J connectivity index is 2.11. The second-order valence-electron chi connectivity index (χ2n) is 5.76. The third-order valence-electron chi connectivity index (χ3n) is 3.51. The fourth-order valence-electron chi connectivity index (χ4n) is 2.33. The zero-order valence-electron chi connectivity index (χ0n) is 14.1. The van der Waals surface area contributed by atoms with Crippen LogP contribution >= 0.6 is 0 Å². The number of carbonyl (C=O) groups excluding carboxylic acids is 1. The minimum atomic E-state index is -3.56. The summed E-state index contributed by atoms with van der Waals surface area (Å²) in [7, 11) is -3.56. The molecule has 0 heterocycles. The second-order valence-corrected chi connectivity index (χ2v) is 7.74. The van der Waals surface area contributed by atoms with Crippen molar-refractivity contribution in [2.75, 3.05) is 18.1 Å².